The number of fused-ring (bicyclic) bond motifs is 1. The smallest absolute Gasteiger partial charge is 0.0885 e. The lowest BCUT2D eigenvalue weighted by Gasteiger charge is -2.17. The first-order valence-corrected chi connectivity index (χ1v) is 5.52. The zero-order valence-electron chi connectivity index (χ0n) is 8.98. The third kappa shape index (κ3) is 1.70. The Labute approximate surface area is 94.6 Å². The Morgan fingerprint density at radius 3 is 3.00 bits per heavy atom. The highest BCUT2D eigenvalue weighted by Gasteiger charge is 2.09. The molecule has 2 aromatic rings. The summed E-state index contributed by atoms with van der Waals surface area (Å²) in [7, 11) is 0. The number of nitrogens with zero attached hydrogens (tertiary/aromatic N) is 2. The molecule has 0 saturated heterocycles. The van der Waals surface area contributed by atoms with E-state index in [0.717, 1.165) is 30.8 Å². The minimum absolute atomic E-state index is 0.941. The van der Waals surface area contributed by atoms with Crippen LogP contribution in [0.15, 0.2) is 36.8 Å². The minimum Gasteiger partial charge on any atom is -0.312 e. The monoisotopic (exact) mass is 211 g/mol. The van der Waals surface area contributed by atoms with E-state index in [2.05, 4.69) is 33.5 Å². The SMILES string of the molecule is c1cnc(-c2ccc3c(c2)CNCC3)cn1. The molecule has 3 rings (SSSR count). The Kier molecular flexibility index (Phi) is 2.38. The molecule has 3 heteroatoms. The maximum atomic E-state index is 4.31. The first kappa shape index (κ1) is 9.48. The Morgan fingerprint density at radius 1 is 1.12 bits per heavy atom. The molecule has 1 N–H and O–H groups in total. The molecular formula is C13H13N3. The van der Waals surface area contributed by atoms with Gasteiger partial charge in [0.15, 0.2) is 0 Å². The minimum atomic E-state index is 0.941. The number of benzene rings is 1. The van der Waals surface area contributed by atoms with Crippen LogP contribution in [-0.4, -0.2) is 16.5 Å². The van der Waals surface area contributed by atoms with Gasteiger partial charge < -0.3 is 5.32 Å². The quantitative estimate of drug-likeness (QED) is 0.781. The van der Waals surface area contributed by atoms with Crippen LogP contribution >= 0.6 is 0 Å². The molecule has 2 heterocycles. The summed E-state index contributed by atoms with van der Waals surface area (Å²) in [5.74, 6) is 0. The van der Waals surface area contributed by atoms with E-state index >= 15 is 0 Å². The van der Waals surface area contributed by atoms with Crippen LogP contribution in [-0.2, 0) is 13.0 Å². The molecule has 0 spiro atoms. The highest BCUT2D eigenvalue weighted by atomic mass is 14.9. The van der Waals surface area contributed by atoms with Crippen LogP contribution in [0.5, 0.6) is 0 Å². The van der Waals surface area contributed by atoms with E-state index in [1.165, 1.54) is 11.1 Å². The van der Waals surface area contributed by atoms with E-state index in [1.807, 2.05) is 0 Å². The maximum absolute atomic E-state index is 4.31. The van der Waals surface area contributed by atoms with Crippen LogP contribution in [0.4, 0.5) is 0 Å². The number of nitrogens with one attached hydrogen (secondary N) is 1. The Morgan fingerprint density at radius 2 is 2.12 bits per heavy atom. The molecule has 0 saturated carbocycles. The average Bonchev–Trinajstić information content (AvgIpc) is 2.39. The van der Waals surface area contributed by atoms with Gasteiger partial charge in [-0.3, -0.25) is 9.97 Å². The molecule has 1 aromatic carbocycles. The second-order valence-corrected chi connectivity index (χ2v) is 4.00. The van der Waals surface area contributed by atoms with Gasteiger partial charge in [-0.1, -0.05) is 12.1 Å². The fraction of sp³-hybridized carbons (Fsp3) is 0.231. The molecule has 1 aliphatic heterocycles. The molecule has 0 unspecified atom stereocenters. The van der Waals surface area contributed by atoms with Crippen LogP contribution in [0, 0.1) is 0 Å². The summed E-state index contributed by atoms with van der Waals surface area (Å²) in [6.45, 7) is 2.04. The largest absolute Gasteiger partial charge is 0.312 e. The molecular weight excluding hydrogens is 198 g/mol. The van der Waals surface area contributed by atoms with Gasteiger partial charge in [0.2, 0.25) is 0 Å². The Balaban J connectivity index is 2.03. The summed E-state index contributed by atoms with van der Waals surface area (Å²) >= 11 is 0. The number of hydrogen-bond donors (Lipinski definition) is 1. The van der Waals surface area contributed by atoms with Crippen molar-refractivity contribution in [2.75, 3.05) is 6.54 Å². The van der Waals surface area contributed by atoms with Gasteiger partial charge in [0.25, 0.3) is 0 Å². The Bertz CT molecular complexity index is 494. The predicted molar refractivity (Wildman–Crippen MR) is 62.9 cm³/mol. The van der Waals surface area contributed by atoms with E-state index in [1.54, 1.807) is 18.6 Å². The highest BCUT2D eigenvalue weighted by molar-refractivity contribution is 5.60. The third-order valence-corrected chi connectivity index (χ3v) is 2.95. The molecule has 0 radical (unpaired) electrons. The number of aromatic nitrogens is 2. The number of hydrogen-bond acceptors (Lipinski definition) is 3. The van der Waals surface area contributed by atoms with Gasteiger partial charge in [-0.25, -0.2) is 0 Å². The van der Waals surface area contributed by atoms with E-state index in [4.69, 9.17) is 0 Å². The summed E-state index contributed by atoms with van der Waals surface area (Å²) in [6.07, 6.45) is 6.35. The van der Waals surface area contributed by atoms with Gasteiger partial charge >= 0.3 is 0 Å². The van der Waals surface area contributed by atoms with E-state index < -0.39 is 0 Å². The van der Waals surface area contributed by atoms with Gasteiger partial charge in [-0.2, -0.15) is 0 Å². The zero-order valence-corrected chi connectivity index (χ0v) is 8.98. The molecule has 0 bridgehead atoms. The lowest BCUT2D eigenvalue weighted by Crippen LogP contribution is -2.23. The fourth-order valence-corrected chi connectivity index (χ4v) is 2.09. The van der Waals surface area contributed by atoms with Crippen molar-refractivity contribution in [3.05, 3.63) is 47.9 Å². The summed E-state index contributed by atoms with van der Waals surface area (Å²) in [6, 6.07) is 6.56. The predicted octanol–water partition coefficient (Wildman–Crippen LogP) is 1.79. The molecule has 3 nitrogen and oxygen atoms in total. The van der Waals surface area contributed by atoms with Gasteiger partial charge in [0.05, 0.1) is 11.9 Å². The van der Waals surface area contributed by atoms with E-state index in [9.17, 15) is 0 Å². The molecule has 80 valence electrons. The molecule has 0 aliphatic carbocycles. The van der Waals surface area contributed by atoms with Crippen LogP contribution < -0.4 is 5.32 Å². The fourth-order valence-electron chi connectivity index (χ4n) is 2.09. The zero-order chi connectivity index (χ0) is 10.8. The van der Waals surface area contributed by atoms with Crippen LogP contribution in [0.3, 0.4) is 0 Å². The summed E-state index contributed by atoms with van der Waals surface area (Å²) < 4.78 is 0. The number of rotatable bonds is 1. The second-order valence-electron chi connectivity index (χ2n) is 4.00. The van der Waals surface area contributed by atoms with E-state index in [0.29, 0.717) is 0 Å². The van der Waals surface area contributed by atoms with Crippen LogP contribution in [0.2, 0.25) is 0 Å². The van der Waals surface area contributed by atoms with Crippen molar-refractivity contribution in [2.45, 2.75) is 13.0 Å². The first-order chi connectivity index (χ1) is 7.93. The summed E-state index contributed by atoms with van der Waals surface area (Å²) in [5, 5.41) is 3.38. The lowest BCUT2D eigenvalue weighted by molar-refractivity contribution is 0.644. The standard InChI is InChI=1S/C13H13N3/c1-2-11(13-9-15-5-6-16-13)7-12-8-14-4-3-10(1)12/h1-2,5-7,9,14H,3-4,8H2. The van der Waals surface area contributed by atoms with Gasteiger partial charge in [-0.15, -0.1) is 0 Å². The first-order valence-electron chi connectivity index (χ1n) is 5.52. The van der Waals surface area contributed by atoms with Crippen molar-refractivity contribution >= 4 is 0 Å². The molecule has 0 amide bonds. The highest BCUT2D eigenvalue weighted by Crippen LogP contribution is 2.22. The second kappa shape index (κ2) is 4.02. The Hall–Kier alpha value is -1.74. The molecule has 16 heavy (non-hydrogen) atoms. The molecule has 0 fully saturated rings. The van der Waals surface area contributed by atoms with Crippen molar-refractivity contribution in [2.24, 2.45) is 0 Å². The van der Waals surface area contributed by atoms with Crippen LogP contribution in [0.1, 0.15) is 11.1 Å². The van der Waals surface area contributed by atoms with Crippen molar-refractivity contribution in [1.82, 2.24) is 15.3 Å². The maximum Gasteiger partial charge on any atom is 0.0885 e. The average molecular weight is 211 g/mol. The molecule has 0 atom stereocenters. The van der Waals surface area contributed by atoms with Crippen molar-refractivity contribution in [3.8, 4) is 11.3 Å². The third-order valence-electron chi connectivity index (χ3n) is 2.95. The topological polar surface area (TPSA) is 37.8 Å². The molecule has 1 aliphatic rings. The van der Waals surface area contributed by atoms with E-state index in [-0.39, 0.29) is 0 Å². The summed E-state index contributed by atoms with van der Waals surface area (Å²) in [4.78, 5) is 8.41. The van der Waals surface area contributed by atoms with Crippen molar-refractivity contribution in [3.63, 3.8) is 0 Å². The normalized spacial score (nSPS) is 14.5. The molecule has 1 aromatic heterocycles. The van der Waals surface area contributed by atoms with Gasteiger partial charge in [-0.05, 0) is 30.2 Å². The van der Waals surface area contributed by atoms with Gasteiger partial charge in [0, 0.05) is 24.5 Å². The van der Waals surface area contributed by atoms with Gasteiger partial charge in [0.1, 0.15) is 0 Å². The lowest BCUT2D eigenvalue weighted by atomic mass is 9.98. The van der Waals surface area contributed by atoms with Crippen molar-refractivity contribution < 1.29 is 0 Å². The summed E-state index contributed by atoms with van der Waals surface area (Å²) in [5.41, 5.74) is 4.92. The van der Waals surface area contributed by atoms with Crippen LogP contribution in [0.25, 0.3) is 11.3 Å². The van der Waals surface area contributed by atoms with Crippen molar-refractivity contribution in [1.29, 1.82) is 0 Å².